The molecule has 2 rings (SSSR count). The van der Waals surface area contributed by atoms with Gasteiger partial charge in [-0.05, 0) is 48.5 Å². The lowest BCUT2D eigenvalue weighted by Crippen LogP contribution is -2.06. The van der Waals surface area contributed by atoms with Crippen molar-refractivity contribution in [3.05, 3.63) is 53.7 Å². The summed E-state index contributed by atoms with van der Waals surface area (Å²) in [6.45, 7) is 0. The minimum absolute atomic E-state index is 0.541. The van der Waals surface area contributed by atoms with Crippen LogP contribution in [0.5, 0.6) is 0 Å². The summed E-state index contributed by atoms with van der Waals surface area (Å²) in [4.78, 5) is 0. The topological polar surface area (TPSA) is 78.3 Å². The van der Waals surface area contributed by atoms with Gasteiger partial charge in [0.25, 0.3) is 0 Å². The molecule has 4 heteroatoms. The maximum atomic E-state index is 11.9. The Morgan fingerprint density at radius 2 is 1.00 bits per heavy atom. The monoisotopic (exact) mass is 214 g/mol. The Bertz CT molecular complexity index is 419. The van der Waals surface area contributed by atoms with Crippen molar-refractivity contribution in [1.29, 1.82) is 0 Å². The second-order valence-electron chi connectivity index (χ2n) is 3.48. The number of nitrogen functional groups attached to an aromatic ring is 2. The van der Waals surface area contributed by atoms with Crippen LogP contribution in [-0.2, 0) is 0 Å². The van der Waals surface area contributed by atoms with Crippen LogP contribution in [0, 0.1) is 5.21 Å². The molecule has 0 amide bonds. The van der Waals surface area contributed by atoms with E-state index in [4.69, 9.17) is 11.5 Å². The normalized spacial score (nSPS) is 10.1. The molecule has 16 heavy (non-hydrogen) atoms. The van der Waals surface area contributed by atoms with Gasteiger partial charge in [0.15, 0.2) is 0 Å². The van der Waals surface area contributed by atoms with E-state index < -0.39 is 0 Å². The molecule has 0 bridgehead atoms. The van der Waals surface area contributed by atoms with E-state index in [9.17, 15) is 5.21 Å². The third kappa shape index (κ3) is 2.07. The molecule has 4 nitrogen and oxygen atoms in total. The fourth-order valence-electron chi connectivity index (χ4n) is 1.37. The summed E-state index contributed by atoms with van der Waals surface area (Å²) in [6, 6.07) is 13.5. The van der Waals surface area contributed by atoms with E-state index in [1.807, 2.05) is 0 Å². The molecule has 0 unspecified atom stereocenters. The SMILES string of the molecule is Nc1ccc(N([O-])c2ccc(N)cc2)cc1. The van der Waals surface area contributed by atoms with Gasteiger partial charge in [0.1, 0.15) is 0 Å². The van der Waals surface area contributed by atoms with E-state index in [-0.39, 0.29) is 0 Å². The van der Waals surface area contributed by atoms with E-state index in [1.54, 1.807) is 48.5 Å². The molecule has 2 aromatic rings. The molecule has 0 aromatic heterocycles. The third-order valence-corrected chi connectivity index (χ3v) is 2.26. The number of rotatable bonds is 2. The van der Waals surface area contributed by atoms with Crippen molar-refractivity contribution in [2.24, 2.45) is 0 Å². The van der Waals surface area contributed by atoms with Gasteiger partial charge in [-0.3, -0.25) is 0 Å². The summed E-state index contributed by atoms with van der Waals surface area (Å²) >= 11 is 0. The fraction of sp³-hybridized carbons (Fsp3) is 0. The van der Waals surface area contributed by atoms with Gasteiger partial charge in [-0.15, -0.1) is 0 Å². The van der Waals surface area contributed by atoms with Gasteiger partial charge in [0, 0.05) is 22.7 Å². The van der Waals surface area contributed by atoms with E-state index in [2.05, 4.69) is 0 Å². The molecule has 0 aliphatic rings. The zero-order valence-corrected chi connectivity index (χ0v) is 8.63. The molecule has 0 fully saturated rings. The lowest BCUT2D eigenvalue weighted by Gasteiger charge is -2.30. The average molecular weight is 214 g/mol. The van der Waals surface area contributed by atoms with Gasteiger partial charge < -0.3 is 21.7 Å². The fourth-order valence-corrected chi connectivity index (χ4v) is 1.37. The van der Waals surface area contributed by atoms with E-state index >= 15 is 0 Å². The molecule has 0 aliphatic heterocycles. The predicted molar refractivity (Wildman–Crippen MR) is 67.2 cm³/mol. The van der Waals surface area contributed by atoms with Crippen LogP contribution in [0.15, 0.2) is 48.5 Å². The van der Waals surface area contributed by atoms with Crippen LogP contribution in [0.1, 0.15) is 0 Å². The molecule has 0 radical (unpaired) electrons. The van der Waals surface area contributed by atoms with Gasteiger partial charge in [-0.25, -0.2) is 0 Å². The molecule has 0 aliphatic carbocycles. The second-order valence-corrected chi connectivity index (χ2v) is 3.48. The standard InChI is InChI=1S/C12H12N3O/c13-9-1-5-11(6-2-9)15(16)12-7-3-10(14)4-8-12/h1-8H,13-14H2/q-1. The van der Waals surface area contributed by atoms with E-state index in [0.29, 0.717) is 22.7 Å². The van der Waals surface area contributed by atoms with Crippen LogP contribution in [0.3, 0.4) is 0 Å². The second kappa shape index (κ2) is 4.12. The highest BCUT2D eigenvalue weighted by Crippen LogP contribution is 2.25. The Labute approximate surface area is 93.7 Å². The van der Waals surface area contributed by atoms with Crippen molar-refractivity contribution in [1.82, 2.24) is 0 Å². The highest BCUT2D eigenvalue weighted by atomic mass is 16.5. The highest BCUT2D eigenvalue weighted by molar-refractivity contribution is 5.67. The first kappa shape index (κ1) is 10.3. The zero-order chi connectivity index (χ0) is 11.5. The summed E-state index contributed by atoms with van der Waals surface area (Å²) in [5.74, 6) is 0. The predicted octanol–water partition coefficient (Wildman–Crippen LogP) is 2.49. The number of nitrogens with zero attached hydrogens (tertiary/aromatic N) is 1. The first-order chi connectivity index (χ1) is 7.66. The van der Waals surface area contributed by atoms with Crippen molar-refractivity contribution < 1.29 is 0 Å². The van der Waals surface area contributed by atoms with Crippen LogP contribution in [0.25, 0.3) is 0 Å². The summed E-state index contributed by atoms with van der Waals surface area (Å²) in [5.41, 5.74) is 13.4. The quantitative estimate of drug-likeness (QED) is 0.594. The first-order valence-electron chi connectivity index (χ1n) is 4.85. The highest BCUT2D eigenvalue weighted by Gasteiger charge is 1.98. The molecular weight excluding hydrogens is 202 g/mol. The maximum absolute atomic E-state index is 11.9. The minimum atomic E-state index is 0.541. The Morgan fingerprint density at radius 1 is 0.688 bits per heavy atom. The molecule has 82 valence electrons. The van der Waals surface area contributed by atoms with Crippen molar-refractivity contribution in [2.75, 3.05) is 16.5 Å². The molecule has 2 aromatic carbocycles. The van der Waals surface area contributed by atoms with Gasteiger partial charge in [-0.2, -0.15) is 0 Å². The summed E-state index contributed by atoms with van der Waals surface area (Å²) < 4.78 is 0. The van der Waals surface area contributed by atoms with Gasteiger partial charge in [-0.1, -0.05) is 0 Å². The van der Waals surface area contributed by atoms with E-state index in [0.717, 1.165) is 5.06 Å². The molecule has 0 spiro atoms. The lowest BCUT2D eigenvalue weighted by molar-refractivity contribution is 1.30. The number of nitrogens with two attached hydrogens (primary N) is 2. The van der Waals surface area contributed by atoms with Gasteiger partial charge in [0.2, 0.25) is 0 Å². The Hall–Kier alpha value is -2.20. The Kier molecular flexibility index (Phi) is 2.66. The Morgan fingerprint density at radius 3 is 1.31 bits per heavy atom. The van der Waals surface area contributed by atoms with Crippen LogP contribution in [-0.4, -0.2) is 0 Å². The van der Waals surface area contributed by atoms with Crippen molar-refractivity contribution in [2.45, 2.75) is 0 Å². The smallest absolute Gasteiger partial charge is 0.0315 e. The van der Waals surface area contributed by atoms with Gasteiger partial charge in [0.05, 0.1) is 0 Å². The van der Waals surface area contributed by atoms with Gasteiger partial charge >= 0.3 is 0 Å². The minimum Gasteiger partial charge on any atom is -0.754 e. The number of hydrogen-bond acceptors (Lipinski definition) is 4. The van der Waals surface area contributed by atoms with Crippen LogP contribution >= 0.6 is 0 Å². The number of hydrogen-bond donors (Lipinski definition) is 2. The van der Waals surface area contributed by atoms with Crippen LogP contribution < -0.4 is 16.5 Å². The third-order valence-electron chi connectivity index (χ3n) is 2.26. The first-order valence-corrected chi connectivity index (χ1v) is 4.85. The van der Waals surface area contributed by atoms with Crippen LogP contribution in [0.2, 0.25) is 0 Å². The molecule has 0 atom stereocenters. The maximum Gasteiger partial charge on any atom is 0.0315 e. The molecule has 0 heterocycles. The van der Waals surface area contributed by atoms with Crippen LogP contribution in [0.4, 0.5) is 22.7 Å². The average Bonchev–Trinajstić information content (AvgIpc) is 2.30. The molecule has 0 saturated heterocycles. The summed E-state index contributed by atoms with van der Waals surface area (Å²) in [6.07, 6.45) is 0. The zero-order valence-electron chi connectivity index (χ0n) is 8.63. The molecule has 0 saturated carbocycles. The summed E-state index contributed by atoms with van der Waals surface area (Å²) in [7, 11) is 0. The van der Waals surface area contributed by atoms with Crippen molar-refractivity contribution in [3.63, 3.8) is 0 Å². The molecule has 4 N–H and O–H groups in total. The summed E-state index contributed by atoms with van der Waals surface area (Å²) in [5, 5.41) is 12.7. The number of benzene rings is 2. The van der Waals surface area contributed by atoms with E-state index in [1.165, 1.54) is 0 Å². The largest absolute Gasteiger partial charge is 0.754 e. The molecular formula is C12H12N3O-. The lowest BCUT2D eigenvalue weighted by atomic mass is 10.2. The van der Waals surface area contributed by atoms with Crippen molar-refractivity contribution >= 4 is 22.7 Å². The number of anilines is 4. The van der Waals surface area contributed by atoms with Crippen molar-refractivity contribution in [3.8, 4) is 0 Å². The Balaban J connectivity index is 2.28.